The maximum Gasteiger partial charge on any atom is 1.00 e. The van der Waals surface area contributed by atoms with Crippen molar-refractivity contribution >= 4 is 47.8 Å². The summed E-state index contributed by atoms with van der Waals surface area (Å²) in [6.45, 7) is -22.7. The Hall–Kier alpha value is 2.64. The number of carbonyl (C=O) groups is 8. The first-order valence-corrected chi connectivity index (χ1v) is 30.7. The minimum Gasteiger partial charge on any atom is -0.548 e. The van der Waals surface area contributed by atoms with Crippen LogP contribution in [0.2, 0.25) is 0 Å². The summed E-state index contributed by atoms with van der Waals surface area (Å²) >= 11 is 0. The van der Waals surface area contributed by atoms with Crippen LogP contribution in [0, 0.1) is 5.41 Å². The smallest absolute Gasteiger partial charge is 0.548 e. The zero-order valence-electron chi connectivity index (χ0n) is 63.2. The normalized spacial score (nSPS) is 14.8. The molecule has 8 N–H and O–H groups in total. The number of carbonyl (C=O) groups excluding carboxylic acids is 8. The van der Waals surface area contributed by atoms with Crippen molar-refractivity contribution in [1.82, 2.24) is 0 Å². The average Bonchev–Trinajstić information content (AvgIpc) is 0.859. The molecule has 0 spiro atoms. The molecular formula is C57H92Na8O44. The summed E-state index contributed by atoms with van der Waals surface area (Å²) in [5, 5.41) is 172. The van der Waals surface area contributed by atoms with Crippen LogP contribution in [0.1, 0.15) is 0 Å². The second kappa shape index (κ2) is 85.6. The molecule has 0 aliphatic heterocycles. The van der Waals surface area contributed by atoms with Gasteiger partial charge in [-0.15, -0.1) is 0 Å². The molecule has 0 aliphatic carbocycles. The standard InChI is InChI=1S/C57H100O44.8Na/c58-37(5-86-25-49(66)67)1-82-17-45(98-13-41(62)9-90-29-53(74)75)21-94-33-57(34-95-22-46(99-14-42(63)10-91-30-54(76)77)18-83-2-38(59)6-87-26-50(68)69,35-96-23-47(100-15-43(64)11-92-31-55(78)79)19-84-3-39(60)7-88-27-51(70)71)36-97-24-48(101-16-44(65)12-93-32-56(80)81)20-85-4-40(61)8-89-28-52(72)73;;;;;;;;/h37-48,58-65H,1-36H2,(H,66,67)(H,68,69)(H,70,71)(H,72,73)(H,74,75)(H,76,77)(H,78,79)(H,80,81);;;;;;;;/q;8*+1/p-8. The van der Waals surface area contributed by atoms with Crippen LogP contribution in [0.3, 0.4) is 0 Å². The van der Waals surface area contributed by atoms with Gasteiger partial charge in [-0.05, 0) is 0 Å². The SMILES string of the molecule is O=C([O-])COCC(O)COCC(COCC(COCC(COCC(O)COCC(=O)[O-])OCC(O)COCC(=O)[O-])(COCC(COCC(O)COCC(=O)[O-])OCC(O)COCC(=O)[O-])COCC(COCC(O)COCC(=O)[O-])OCC(O)COCC(=O)[O-])OCC(O)COCC(=O)[O-].[Na+].[Na+].[Na+].[Na+].[Na+].[Na+].[Na+].[Na+]. The van der Waals surface area contributed by atoms with Crippen LogP contribution in [-0.2, 0) is 133 Å². The van der Waals surface area contributed by atoms with Crippen molar-refractivity contribution in [2.24, 2.45) is 5.41 Å². The fourth-order valence-electron chi connectivity index (χ4n) is 7.40. The molecule has 0 bridgehead atoms. The molecule has 0 aromatic heterocycles. The van der Waals surface area contributed by atoms with Gasteiger partial charge in [0.15, 0.2) is 0 Å². The van der Waals surface area contributed by atoms with Crippen molar-refractivity contribution in [3.63, 3.8) is 0 Å². The molecule has 52 heteroatoms. The van der Waals surface area contributed by atoms with Crippen LogP contribution in [0.15, 0.2) is 0 Å². The van der Waals surface area contributed by atoms with Gasteiger partial charge in [-0.2, -0.15) is 0 Å². The molecule has 0 aliphatic rings. The van der Waals surface area contributed by atoms with Crippen LogP contribution in [0.25, 0.3) is 0 Å². The van der Waals surface area contributed by atoms with E-state index in [1.807, 2.05) is 0 Å². The molecule has 592 valence electrons. The van der Waals surface area contributed by atoms with E-state index >= 15 is 0 Å². The Morgan fingerprint density at radius 2 is 0.312 bits per heavy atom. The van der Waals surface area contributed by atoms with Crippen LogP contribution in [-0.4, -0.2) is 400 Å². The monoisotopic (exact) mass is 1660 g/mol. The number of aliphatic hydroxyl groups is 8. The molecular weight excluding hydrogens is 1570 g/mol. The molecule has 0 fully saturated rings. The van der Waals surface area contributed by atoms with E-state index < -0.39 is 364 Å². The number of carboxylic acid groups (broad SMARTS) is 8. The van der Waals surface area contributed by atoms with Gasteiger partial charge in [0.1, 0.15) is 73.2 Å². The Balaban J connectivity index is -0.00000179. The van der Waals surface area contributed by atoms with E-state index in [1.165, 1.54) is 0 Å². The van der Waals surface area contributed by atoms with E-state index in [4.69, 9.17) is 94.7 Å². The van der Waals surface area contributed by atoms with Gasteiger partial charge in [-0.25, -0.2) is 0 Å². The van der Waals surface area contributed by atoms with Gasteiger partial charge in [-0.3, -0.25) is 0 Å². The van der Waals surface area contributed by atoms with Gasteiger partial charge in [0.25, 0.3) is 0 Å². The zero-order chi connectivity index (χ0) is 75.6. The molecule has 12 atom stereocenters. The third-order valence-corrected chi connectivity index (χ3v) is 11.6. The number of hydrogen-bond acceptors (Lipinski definition) is 44. The van der Waals surface area contributed by atoms with E-state index in [-0.39, 0.29) is 236 Å². The summed E-state index contributed by atoms with van der Waals surface area (Å²) in [5.41, 5.74) is -1.74. The molecule has 0 amide bonds. The first-order chi connectivity index (χ1) is 48.0. The number of rotatable bonds is 76. The summed E-state index contributed by atoms with van der Waals surface area (Å²) in [4.78, 5) is 87.4. The Kier molecular flexibility index (Phi) is 102. The summed E-state index contributed by atoms with van der Waals surface area (Å²) in [5.74, 6) is -12.8. The Labute approximate surface area is 805 Å². The van der Waals surface area contributed by atoms with E-state index in [0.29, 0.717) is 0 Å². The number of carboxylic acids is 8. The maximum absolute atomic E-state index is 11.0. The summed E-state index contributed by atoms with van der Waals surface area (Å²) in [6, 6.07) is 0. The molecule has 0 rings (SSSR count). The predicted octanol–water partition coefficient (Wildman–Crippen LogP) is -43.3. The maximum atomic E-state index is 11.0. The van der Waals surface area contributed by atoms with E-state index in [0.717, 1.165) is 0 Å². The molecule has 44 nitrogen and oxygen atoms in total. The first kappa shape index (κ1) is 130. The minimum atomic E-state index is -1.74. The van der Waals surface area contributed by atoms with Crippen molar-refractivity contribution in [3.8, 4) is 0 Å². The predicted molar refractivity (Wildman–Crippen MR) is 303 cm³/mol. The van der Waals surface area contributed by atoms with Crippen LogP contribution < -0.4 is 277 Å². The third kappa shape index (κ3) is 86.8. The van der Waals surface area contributed by atoms with E-state index in [2.05, 4.69) is 0 Å². The van der Waals surface area contributed by atoms with Gasteiger partial charge in [0, 0.05) is 0 Å². The fraction of sp³-hybridized carbons (Fsp3) is 0.860. The van der Waals surface area contributed by atoms with E-state index in [9.17, 15) is 120 Å². The summed E-state index contributed by atoms with van der Waals surface area (Å²) in [7, 11) is 0. The van der Waals surface area contributed by atoms with Crippen molar-refractivity contribution in [2.45, 2.75) is 73.2 Å². The van der Waals surface area contributed by atoms with Crippen molar-refractivity contribution in [2.75, 3.05) is 238 Å². The van der Waals surface area contributed by atoms with Gasteiger partial charge >= 0.3 is 236 Å². The molecule has 0 saturated carbocycles. The molecule has 0 radical (unpaired) electrons. The van der Waals surface area contributed by atoms with Crippen LogP contribution in [0.5, 0.6) is 0 Å². The Morgan fingerprint density at radius 1 is 0.193 bits per heavy atom. The second-order valence-corrected chi connectivity index (χ2v) is 21.9. The van der Waals surface area contributed by atoms with Gasteiger partial charge in [0.05, 0.1) is 291 Å². The largest absolute Gasteiger partial charge is 1.00 e. The van der Waals surface area contributed by atoms with E-state index in [1.54, 1.807) is 0 Å². The number of hydrogen-bond donors (Lipinski definition) is 8. The fourth-order valence-corrected chi connectivity index (χ4v) is 7.40. The van der Waals surface area contributed by atoms with Gasteiger partial charge in [0.2, 0.25) is 0 Å². The zero-order valence-corrected chi connectivity index (χ0v) is 79.2. The van der Waals surface area contributed by atoms with Gasteiger partial charge in [-0.1, -0.05) is 0 Å². The number of ether oxygens (including phenoxy) is 20. The quantitative estimate of drug-likeness (QED) is 0.0262. The Bertz CT molecular complexity index is 1910. The molecule has 0 aromatic rings. The second-order valence-electron chi connectivity index (χ2n) is 21.9. The number of aliphatic carboxylic acids is 8. The topological polar surface area (TPSA) is 667 Å². The molecule has 0 saturated heterocycles. The first-order valence-electron chi connectivity index (χ1n) is 30.7. The average molecular weight is 1670 g/mol. The minimum absolute atomic E-state index is 0. The molecule has 0 aromatic carbocycles. The van der Waals surface area contributed by atoms with Crippen molar-refractivity contribution < 1.29 is 451 Å². The summed E-state index contributed by atoms with van der Waals surface area (Å²) in [6.07, 6.45) is -16.7. The third-order valence-electron chi connectivity index (χ3n) is 11.6. The van der Waals surface area contributed by atoms with Crippen molar-refractivity contribution in [3.05, 3.63) is 0 Å². The number of aliphatic hydroxyl groups excluding tert-OH is 8. The van der Waals surface area contributed by atoms with Gasteiger partial charge < -0.3 is 215 Å². The molecule has 12 unspecified atom stereocenters. The molecule has 0 heterocycles. The van der Waals surface area contributed by atoms with Crippen molar-refractivity contribution in [1.29, 1.82) is 0 Å². The van der Waals surface area contributed by atoms with Crippen LogP contribution >= 0.6 is 0 Å². The summed E-state index contributed by atoms with van der Waals surface area (Å²) < 4.78 is 110. The Morgan fingerprint density at radius 3 is 0.450 bits per heavy atom. The molecule has 109 heavy (non-hydrogen) atoms. The van der Waals surface area contributed by atoms with Crippen LogP contribution in [0.4, 0.5) is 0 Å².